The van der Waals surface area contributed by atoms with Crippen LogP contribution in [0.25, 0.3) is 0 Å². The summed E-state index contributed by atoms with van der Waals surface area (Å²) in [4.78, 5) is 0. The van der Waals surface area contributed by atoms with Crippen molar-refractivity contribution in [3.05, 3.63) is 47.0 Å². The molecule has 0 aromatic heterocycles. The van der Waals surface area contributed by atoms with Crippen molar-refractivity contribution >= 4 is 8.07 Å². The lowest BCUT2D eigenvalue weighted by atomic mass is 10.0. The van der Waals surface area contributed by atoms with Gasteiger partial charge >= 0.3 is 0 Å². The third-order valence-electron chi connectivity index (χ3n) is 4.74. The van der Waals surface area contributed by atoms with Crippen molar-refractivity contribution < 1.29 is 0 Å². The van der Waals surface area contributed by atoms with Crippen molar-refractivity contribution in [2.75, 3.05) is 0 Å². The molecule has 22 heavy (non-hydrogen) atoms. The minimum Gasteiger partial charge on any atom is -0.126 e. The van der Waals surface area contributed by atoms with Crippen molar-refractivity contribution in [3.63, 3.8) is 0 Å². The Balaban J connectivity index is 2.72. The Kier molecular flexibility index (Phi) is 6.69. The first kappa shape index (κ1) is 18.8. The lowest BCUT2D eigenvalue weighted by Gasteiger charge is -2.31. The van der Waals surface area contributed by atoms with E-state index in [9.17, 15) is 0 Å². The Bertz CT molecular complexity index is 555. The molecule has 0 N–H and O–H groups in total. The van der Waals surface area contributed by atoms with Crippen LogP contribution >= 0.6 is 0 Å². The first-order valence-electron chi connectivity index (χ1n) is 8.37. The highest BCUT2D eigenvalue weighted by molar-refractivity contribution is 6.87. The van der Waals surface area contributed by atoms with Gasteiger partial charge in [-0.15, -0.1) is 5.54 Å². The standard InChI is InChI=1S/C21H32Si/c1-18(2)20(16-17-22(6,7)21(3,4)5)15-11-14-19-12-9-8-10-13-19/h8-10,12-13H,11,14-15H2,1-7H3. The Labute approximate surface area is 139 Å². The number of allylic oxidation sites excluding steroid dienone is 2. The first-order valence-corrected chi connectivity index (χ1v) is 11.4. The molecule has 1 aromatic rings. The quantitative estimate of drug-likeness (QED) is 0.446. The fourth-order valence-electron chi connectivity index (χ4n) is 1.97. The summed E-state index contributed by atoms with van der Waals surface area (Å²) in [6.07, 6.45) is 3.41. The molecule has 120 valence electrons. The van der Waals surface area contributed by atoms with Gasteiger partial charge in [0.25, 0.3) is 0 Å². The van der Waals surface area contributed by atoms with Gasteiger partial charge in [0.2, 0.25) is 0 Å². The van der Waals surface area contributed by atoms with Crippen LogP contribution in [0.15, 0.2) is 41.5 Å². The van der Waals surface area contributed by atoms with Crippen molar-refractivity contribution in [3.8, 4) is 11.5 Å². The maximum Gasteiger partial charge on any atom is 0.138 e. The summed E-state index contributed by atoms with van der Waals surface area (Å²) in [5.41, 5.74) is 7.81. The smallest absolute Gasteiger partial charge is 0.126 e. The summed E-state index contributed by atoms with van der Waals surface area (Å²) in [5, 5.41) is 0.330. The average molecular weight is 313 g/mol. The predicted molar refractivity (Wildman–Crippen MR) is 103 cm³/mol. The fraction of sp³-hybridized carbons (Fsp3) is 0.524. The summed E-state index contributed by atoms with van der Waals surface area (Å²) in [7, 11) is -1.51. The average Bonchev–Trinajstić information content (AvgIpc) is 2.42. The Morgan fingerprint density at radius 3 is 2.14 bits per heavy atom. The monoisotopic (exact) mass is 312 g/mol. The Hall–Kier alpha value is -1.26. The minimum absolute atomic E-state index is 0.330. The molecule has 0 nitrogen and oxygen atoms in total. The van der Waals surface area contributed by atoms with Crippen LogP contribution in [0.3, 0.4) is 0 Å². The van der Waals surface area contributed by atoms with E-state index in [4.69, 9.17) is 0 Å². The number of aryl methyl sites for hydroxylation is 1. The van der Waals surface area contributed by atoms with E-state index in [-0.39, 0.29) is 0 Å². The molecule has 0 aliphatic heterocycles. The van der Waals surface area contributed by atoms with Crippen LogP contribution in [0.2, 0.25) is 18.1 Å². The predicted octanol–water partition coefficient (Wildman–Crippen LogP) is 6.40. The van der Waals surface area contributed by atoms with Gasteiger partial charge in [0.1, 0.15) is 8.07 Å². The molecule has 0 saturated heterocycles. The summed E-state index contributed by atoms with van der Waals surface area (Å²) >= 11 is 0. The molecule has 0 unspecified atom stereocenters. The lowest BCUT2D eigenvalue weighted by Crippen LogP contribution is -2.35. The van der Waals surface area contributed by atoms with Crippen molar-refractivity contribution in [2.24, 2.45) is 0 Å². The molecule has 0 saturated carbocycles. The zero-order valence-electron chi connectivity index (χ0n) is 15.5. The van der Waals surface area contributed by atoms with E-state index in [2.05, 4.69) is 89.5 Å². The van der Waals surface area contributed by atoms with Crippen molar-refractivity contribution in [1.82, 2.24) is 0 Å². The molecule has 0 amide bonds. The number of rotatable bonds is 4. The second-order valence-corrected chi connectivity index (χ2v) is 12.9. The van der Waals surface area contributed by atoms with E-state index < -0.39 is 8.07 Å². The van der Waals surface area contributed by atoms with Gasteiger partial charge in [-0.25, -0.2) is 0 Å². The number of hydrogen-bond donors (Lipinski definition) is 0. The maximum absolute atomic E-state index is 3.66. The molecular weight excluding hydrogens is 280 g/mol. The largest absolute Gasteiger partial charge is 0.138 e. The third kappa shape index (κ3) is 5.85. The molecule has 1 heteroatoms. The highest BCUT2D eigenvalue weighted by Crippen LogP contribution is 2.35. The highest BCUT2D eigenvalue weighted by Gasteiger charge is 2.33. The van der Waals surface area contributed by atoms with Gasteiger partial charge in [-0.05, 0) is 43.7 Å². The molecule has 0 radical (unpaired) electrons. The van der Waals surface area contributed by atoms with Gasteiger partial charge in [0.15, 0.2) is 0 Å². The second-order valence-electron chi connectivity index (χ2n) is 7.94. The zero-order chi connectivity index (χ0) is 16.8. The molecule has 0 fully saturated rings. The van der Waals surface area contributed by atoms with Crippen molar-refractivity contribution in [1.29, 1.82) is 0 Å². The minimum atomic E-state index is -1.51. The molecule has 1 aromatic carbocycles. The SMILES string of the molecule is CC(C)=C(C#C[Si](C)(C)C(C)(C)C)CCCc1ccccc1. The van der Waals surface area contributed by atoms with E-state index in [0.717, 1.165) is 12.8 Å². The van der Waals surface area contributed by atoms with Crippen LogP contribution in [0, 0.1) is 11.5 Å². The van der Waals surface area contributed by atoms with Crippen molar-refractivity contribution in [2.45, 2.75) is 72.0 Å². The van der Waals surface area contributed by atoms with Crippen LogP contribution in [-0.2, 0) is 6.42 Å². The zero-order valence-corrected chi connectivity index (χ0v) is 16.5. The molecule has 0 heterocycles. The maximum atomic E-state index is 3.66. The molecule has 0 bridgehead atoms. The van der Waals surface area contributed by atoms with Crippen LogP contribution in [-0.4, -0.2) is 8.07 Å². The third-order valence-corrected chi connectivity index (χ3v) is 9.24. The normalized spacial score (nSPS) is 11.6. The summed E-state index contributed by atoms with van der Waals surface area (Å²) in [6.45, 7) is 16.1. The van der Waals surface area contributed by atoms with E-state index in [1.807, 2.05) is 0 Å². The van der Waals surface area contributed by atoms with Gasteiger partial charge in [0.05, 0.1) is 0 Å². The summed E-state index contributed by atoms with van der Waals surface area (Å²) < 4.78 is 0. The highest BCUT2D eigenvalue weighted by atomic mass is 28.3. The lowest BCUT2D eigenvalue weighted by molar-refractivity contribution is 0.731. The number of hydrogen-bond acceptors (Lipinski definition) is 0. The van der Waals surface area contributed by atoms with E-state index in [1.165, 1.54) is 23.1 Å². The molecule has 0 atom stereocenters. The molecule has 1 rings (SSSR count). The topological polar surface area (TPSA) is 0 Å². The second kappa shape index (κ2) is 7.84. The van der Waals surface area contributed by atoms with E-state index in [1.54, 1.807) is 0 Å². The molecular formula is C21H32Si. The summed E-state index contributed by atoms with van der Waals surface area (Å²) in [5.74, 6) is 3.54. The van der Waals surface area contributed by atoms with E-state index in [0.29, 0.717) is 5.04 Å². The Morgan fingerprint density at radius 1 is 1.05 bits per heavy atom. The Morgan fingerprint density at radius 2 is 1.64 bits per heavy atom. The van der Waals surface area contributed by atoms with Gasteiger partial charge in [-0.2, -0.15) is 0 Å². The number of benzene rings is 1. The van der Waals surface area contributed by atoms with E-state index >= 15 is 0 Å². The van der Waals surface area contributed by atoms with Crippen LogP contribution < -0.4 is 0 Å². The first-order chi connectivity index (χ1) is 10.1. The van der Waals surface area contributed by atoms with Gasteiger partial charge in [-0.3, -0.25) is 0 Å². The van der Waals surface area contributed by atoms with Crippen LogP contribution in [0.4, 0.5) is 0 Å². The molecule has 0 spiro atoms. The van der Waals surface area contributed by atoms with Crippen LogP contribution in [0.1, 0.15) is 53.0 Å². The van der Waals surface area contributed by atoms with Crippen LogP contribution in [0.5, 0.6) is 0 Å². The van der Waals surface area contributed by atoms with Gasteiger partial charge < -0.3 is 0 Å². The van der Waals surface area contributed by atoms with Gasteiger partial charge in [-0.1, -0.05) is 75.7 Å². The fourth-order valence-corrected chi connectivity index (χ4v) is 2.81. The van der Waals surface area contributed by atoms with Gasteiger partial charge in [0, 0.05) is 5.57 Å². The summed E-state index contributed by atoms with van der Waals surface area (Å²) in [6, 6.07) is 10.7. The molecule has 0 aliphatic rings. The molecule has 0 aliphatic carbocycles.